The maximum absolute atomic E-state index is 9.15. The van der Waals surface area contributed by atoms with Crippen LogP contribution in [0.3, 0.4) is 0 Å². The van der Waals surface area contributed by atoms with Crippen LogP contribution in [0, 0.1) is 5.92 Å². The van der Waals surface area contributed by atoms with Crippen molar-refractivity contribution in [2.24, 2.45) is 5.92 Å². The minimum Gasteiger partial charge on any atom is -0.395 e. The molecular formula is C10H22N2O. The Balaban J connectivity index is 2.27. The van der Waals surface area contributed by atoms with Crippen LogP contribution in [0.4, 0.5) is 0 Å². The predicted molar refractivity (Wildman–Crippen MR) is 54.7 cm³/mol. The van der Waals surface area contributed by atoms with Crippen LogP contribution in [0.15, 0.2) is 0 Å². The van der Waals surface area contributed by atoms with E-state index in [2.05, 4.69) is 24.5 Å². The molecule has 1 atom stereocenters. The lowest BCUT2D eigenvalue weighted by atomic mass is 10.0. The fraction of sp³-hybridized carbons (Fsp3) is 1.00. The highest BCUT2D eigenvalue weighted by Gasteiger charge is 2.18. The average Bonchev–Trinajstić information content (AvgIpc) is 2.15. The minimum atomic E-state index is 0.252. The van der Waals surface area contributed by atoms with Crippen LogP contribution in [0.5, 0.6) is 0 Å². The summed E-state index contributed by atoms with van der Waals surface area (Å²) in [6.45, 7) is 6.76. The second-order valence-electron chi connectivity index (χ2n) is 4.22. The molecule has 0 amide bonds. The number of hydrogen-bond acceptors (Lipinski definition) is 3. The van der Waals surface area contributed by atoms with Crippen molar-refractivity contribution in [3.63, 3.8) is 0 Å². The molecule has 1 aliphatic rings. The molecule has 78 valence electrons. The zero-order valence-corrected chi connectivity index (χ0v) is 8.71. The highest BCUT2D eigenvalue weighted by molar-refractivity contribution is 4.79. The highest BCUT2D eigenvalue weighted by Crippen LogP contribution is 2.07. The quantitative estimate of drug-likeness (QED) is 0.593. The molecule has 1 fully saturated rings. The summed E-state index contributed by atoms with van der Waals surface area (Å²) in [6, 6.07) is 0.865. The Morgan fingerprint density at radius 1 is 1.38 bits per heavy atom. The molecule has 3 N–H and O–H groups in total. The second kappa shape index (κ2) is 5.58. The third kappa shape index (κ3) is 3.63. The van der Waals surface area contributed by atoms with E-state index in [9.17, 15) is 0 Å². The molecule has 0 aromatic heterocycles. The van der Waals surface area contributed by atoms with Gasteiger partial charge in [-0.15, -0.1) is 0 Å². The van der Waals surface area contributed by atoms with Crippen molar-refractivity contribution in [1.29, 1.82) is 0 Å². The van der Waals surface area contributed by atoms with Gasteiger partial charge in [-0.2, -0.15) is 0 Å². The molecule has 0 spiro atoms. The molecule has 3 heteroatoms. The molecule has 0 aliphatic carbocycles. The van der Waals surface area contributed by atoms with E-state index in [-0.39, 0.29) is 12.6 Å². The van der Waals surface area contributed by atoms with Gasteiger partial charge in [-0.05, 0) is 31.8 Å². The highest BCUT2D eigenvalue weighted by atomic mass is 16.3. The Hall–Kier alpha value is -0.120. The van der Waals surface area contributed by atoms with Gasteiger partial charge in [0.15, 0.2) is 0 Å². The van der Waals surface area contributed by atoms with Crippen LogP contribution < -0.4 is 10.6 Å². The van der Waals surface area contributed by atoms with Crippen LogP contribution in [-0.4, -0.2) is 36.9 Å². The van der Waals surface area contributed by atoms with Crippen molar-refractivity contribution < 1.29 is 5.11 Å². The SMILES string of the molecule is CC(C)C(CO)NC1CCNCC1. The summed E-state index contributed by atoms with van der Waals surface area (Å²) in [6.07, 6.45) is 2.37. The standard InChI is InChI=1S/C10H22N2O/c1-8(2)10(7-13)12-9-3-5-11-6-4-9/h8-13H,3-7H2,1-2H3. The van der Waals surface area contributed by atoms with E-state index in [0.717, 1.165) is 13.1 Å². The summed E-state index contributed by atoms with van der Waals surface area (Å²) in [5, 5.41) is 16.0. The van der Waals surface area contributed by atoms with Crippen LogP contribution in [0.2, 0.25) is 0 Å². The van der Waals surface area contributed by atoms with E-state index in [4.69, 9.17) is 5.11 Å². The number of rotatable bonds is 4. The van der Waals surface area contributed by atoms with E-state index in [1.165, 1.54) is 12.8 Å². The van der Waals surface area contributed by atoms with Gasteiger partial charge in [-0.3, -0.25) is 0 Å². The van der Waals surface area contributed by atoms with Gasteiger partial charge in [0.1, 0.15) is 0 Å². The van der Waals surface area contributed by atoms with E-state index < -0.39 is 0 Å². The topological polar surface area (TPSA) is 44.3 Å². The Bertz CT molecular complexity index is 133. The molecular weight excluding hydrogens is 164 g/mol. The van der Waals surface area contributed by atoms with Gasteiger partial charge >= 0.3 is 0 Å². The van der Waals surface area contributed by atoms with Crippen molar-refractivity contribution >= 4 is 0 Å². The molecule has 0 radical (unpaired) electrons. The summed E-state index contributed by atoms with van der Waals surface area (Å²) in [4.78, 5) is 0. The van der Waals surface area contributed by atoms with Crippen molar-refractivity contribution in [1.82, 2.24) is 10.6 Å². The smallest absolute Gasteiger partial charge is 0.0587 e. The van der Waals surface area contributed by atoms with E-state index in [1.807, 2.05) is 0 Å². The summed E-state index contributed by atoms with van der Waals surface area (Å²) >= 11 is 0. The first-order valence-electron chi connectivity index (χ1n) is 5.31. The van der Waals surface area contributed by atoms with Crippen LogP contribution >= 0.6 is 0 Å². The first-order chi connectivity index (χ1) is 6.24. The summed E-state index contributed by atoms with van der Waals surface area (Å²) in [5.41, 5.74) is 0. The van der Waals surface area contributed by atoms with Crippen molar-refractivity contribution in [3.8, 4) is 0 Å². The molecule has 0 bridgehead atoms. The third-order valence-corrected chi connectivity index (χ3v) is 2.79. The predicted octanol–water partition coefficient (Wildman–Crippen LogP) is 0.345. The lowest BCUT2D eigenvalue weighted by molar-refractivity contribution is 0.190. The lowest BCUT2D eigenvalue weighted by Crippen LogP contribution is -2.48. The lowest BCUT2D eigenvalue weighted by Gasteiger charge is -2.29. The molecule has 13 heavy (non-hydrogen) atoms. The summed E-state index contributed by atoms with van der Waals surface area (Å²) in [5.74, 6) is 0.514. The van der Waals surface area contributed by atoms with Gasteiger partial charge in [0, 0.05) is 12.1 Å². The van der Waals surface area contributed by atoms with Crippen molar-refractivity contribution in [2.45, 2.75) is 38.8 Å². The van der Waals surface area contributed by atoms with Gasteiger partial charge in [0.2, 0.25) is 0 Å². The number of piperidine rings is 1. The Morgan fingerprint density at radius 2 is 2.00 bits per heavy atom. The molecule has 0 saturated carbocycles. The van der Waals surface area contributed by atoms with Crippen LogP contribution in [0.1, 0.15) is 26.7 Å². The van der Waals surface area contributed by atoms with Crippen molar-refractivity contribution in [2.75, 3.05) is 19.7 Å². The fourth-order valence-corrected chi connectivity index (χ4v) is 1.75. The average molecular weight is 186 g/mol. The minimum absolute atomic E-state index is 0.252. The molecule has 1 rings (SSSR count). The van der Waals surface area contributed by atoms with E-state index in [1.54, 1.807) is 0 Å². The normalized spacial score (nSPS) is 22.2. The Kier molecular flexibility index (Phi) is 4.70. The third-order valence-electron chi connectivity index (χ3n) is 2.79. The van der Waals surface area contributed by atoms with Gasteiger partial charge in [0.25, 0.3) is 0 Å². The number of nitrogens with one attached hydrogen (secondary N) is 2. The van der Waals surface area contributed by atoms with Crippen molar-refractivity contribution in [3.05, 3.63) is 0 Å². The maximum atomic E-state index is 9.15. The number of hydrogen-bond donors (Lipinski definition) is 3. The zero-order chi connectivity index (χ0) is 9.68. The molecule has 3 nitrogen and oxygen atoms in total. The van der Waals surface area contributed by atoms with Crippen LogP contribution in [0.25, 0.3) is 0 Å². The Morgan fingerprint density at radius 3 is 2.46 bits per heavy atom. The van der Waals surface area contributed by atoms with E-state index in [0.29, 0.717) is 12.0 Å². The first-order valence-corrected chi connectivity index (χ1v) is 5.31. The Labute approximate surface area is 80.9 Å². The van der Waals surface area contributed by atoms with Gasteiger partial charge in [0.05, 0.1) is 6.61 Å². The summed E-state index contributed by atoms with van der Waals surface area (Å²) in [7, 11) is 0. The van der Waals surface area contributed by atoms with Gasteiger partial charge in [-0.1, -0.05) is 13.8 Å². The molecule has 0 aromatic rings. The zero-order valence-electron chi connectivity index (χ0n) is 8.71. The first kappa shape index (κ1) is 11.0. The molecule has 1 saturated heterocycles. The summed E-state index contributed by atoms with van der Waals surface area (Å²) < 4.78 is 0. The largest absolute Gasteiger partial charge is 0.395 e. The fourth-order valence-electron chi connectivity index (χ4n) is 1.75. The van der Waals surface area contributed by atoms with E-state index >= 15 is 0 Å². The number of aliphatic hydroxyl groups is 1. The monoisotopic (exact) mass is 186 g/mol. The molecule has 1 heterocycles. The molecule has 0 aromatic carbocycles. The molecule has 1 unspecified atom stereocenters. The van der Waals surface area contributed by atoms with Gasteiger partial charge < -0.3 is 15.7 Å². The molecule has 1 aliphatic heterocycles. The second-order valence-corrected chi connectivity index (χ2v) is 4.22. The number of aliphatic hydroxyl groups excluding tert-OH is 1. The van der Waals surface area contributed by atoms with Gasteiger partial charge in [-0.25, -0.2) is 0 Å². The maximum Gasteiger partial charge on any atom is 0.0587 e. The van der Waals surface area contributed by atoms with Crippen LogP contribution in [-0.2, 0) is 0 Å².